The van der Waals surface area contributed by atoms with Crippen LogP contribution >= 0.6 is 11.8 Å². The lowest BCUT2D eigenvalue weighted by molar-refractivity contribution is 0.0986. The van der Waals surface area contributed by atoms with Crippen molar-refractivity contribution in [2.75, 3.05) is 18.6 Å². The highest BCUT2D eigenvalue weighted by Gasteiger charge is 2.25. The van der Waals surface area contributed by atoms with Crippen LogP contribution in [0.4, 0.5) is 5.69 Å². The maximum absolute atomic E-state index is 12.9. The van der Waals surface area contributed by atoms with E-state index in [4.69, 9.17) is 4.74 Å². The Morgan fingerprint density at radius 2 is 2.14 bits per heavy atom. The molecule has 1 aromatic carbocycles. The van der Waals surface area contributed by atoms with Gasteiger partial charge in [-0.2, -0.15) is 0 Å². The number of hydrogen-bond acceptors (Lipinski definition) is 4. The van der Waals surface area contributed by atoms with Crippen molar-refractivity contribution in [2.24, 2.45) is 0 Å². The number of thioether (sulfide) groups is 1. The van der Waals surface area contributed by atoms with E-state index >= 15 is 0 Å². The van der Waals surface area contributed by atoms with Gasteiger partial charge < -0.3 is 9.64 Å². The van der Waals surface area contributed by atoms with Crippen molar-refractivity contribution in [3.8, 4) is 5.88 Å². The van der Waals surface area contributed by atoms with E-state index in [1.807, 2.05) is 34.9 Å². The van der Waals surface area contributed by atoms with Crippen LogP contribution < -0.4 is 9.64 Å². The highest BCUT2D eigenvalue weighted by Crippen LogP contribution is 2.37. The van der Waals surface area contributed by atoms with Crippen molar-refractivity contribution in [1.82, 2.24) is 4.98 Å². The van der Waals surface area contributed by atoms with Crippen LogP contribution in [0.1, 0.15) is 23.7 Å². The normalized spacial score (nSPS) is 17.5. The maximum atomic E-state index is 12.9. The number of nitrogens with zero attached hydrogens (tertiary/aromatic N) is 2. The first-order chi connectivity index (χ1) is 10.7. The third-order valence-electron chi connectivity index (χ3n) is 3.68. The zero-order chi connectivity index (χ0) is 15.5. The summed E-state index contributed by atoms with van der Waals surface area (Å²) in [4.78, 5) is 20.0. The van der Waals surface area contributed by atoms with E-state index in [0.717, 1.165) is 23.5 Å². The molecule has 0 saturated heterocycles. The first kappa shape index (κ1) is 14.9. The molecular formula is C17H18N2O2S. The molecule has 114 valence electrons. The molecule has 0 radical (unpaired) electrons. The number of hydrogen-bond donors (Lipinski definition) is 0. The van der Waals surface area contributed by atoms with Crippen LogP contribution in [0, 0.1) is 0 Å². The second-order valence-corrected chi connectivity index (χ2v) is 6.71. The molecule has 0 spiro atoms. The number of ether oxygens (including phenoxy) is 1. The number of para-hydroxylation sites is 1. The van der Waals surface area contributed by atoms with Gasteiger partial charge in [0.1, 0.15) is 0 Å². The first-order valence-electron chi connectivity index (χ1n) is 7.26. The van der Waals surface area contributed by atoms with Crippen molar-refractivity contribution in [3.63, 3.8) is 0 Å². The first-order valence-corrected chi connectivity index (χ1v) is 8.14. The van der Waals surface area contributed by atoms with E-state index in [1.54, 1.807) is 25.4 Å². The van der Waals surface area contributed by atoms with Gasteiger partial charge in [0.05, 0.1) is 18.4 Å². The molecule has 3 rings (SSSR count). The van der Waals surface area contributed by atoms with Crippen LogP contribution in [0.3, 0.4) is 0 Å². The molecule has 1 amide bonds. The van der Waals surface area contributed by atoms with E-state index in [9.17, 15) is 4.79 Å². The average Bonchev–Trinajstić information content (AvgIpc) is 2.72. The van der Waals surface area contributed by atoms with Gasteiger partial charge in [-0.25, -0.2) is 4.98 Å². The van der Waals surface area contributed by atoms with E-state index in [1.165, 1.54) is 0 Å². The summed E-state index contributed by atoms with van der Waals surface area (Å²) in [5, 5.41) is 0.493. The lowest BCUT2D eigenvalue weighted by atomic mass is 10.2. The van der Waals surface area contributed by atoms with Crippen LogP contribution in [0.5, 0.6) is 5.88 Å². The Hall–Kier alpha value is -2.01. The Balaban J connectivity index is 1.94. The molecule has 0 fully saturated rings. The lowest BCUT2D eigenvalue weighted by Gasteiger charge is -2.22. The molecule has 1 atom stereocenters. The van der Waals surface area contributed by atoms with Crippen LogP contribution in [0.2, 0.25) is 0 Å². The fraction of sp³-hybridized carbons (Fsp3) is 0.294. The molecule has 2 aromatic rings. The zero-order valence-electron chi connectivity index (χ0n) is 12.7. The largest absolute Gasteiger partial charge is 0.481 e. The SMILES string of the molecule is COc1ccc(C(=O)N2CCC(C)Sc3ccccc32)cn1. The molecule has 0 saturated carbocycles. The second kappa shape index (κ2) is 6.40. The number of methoxy groups -OCH3 is 1. The van der Waals surface area contributed by atoms with Gasteiger partial charge in [0.2, 0.25) is 5.88 Å². The molecule has 5 heteroatoms. The molecule has 1 aliphatic heterocycles. The van der Waals surface area contributed by atoms with E-state index in [2.05, 4.69) is 18.0 Å². The fourth-order valence-corrected chi connectivity index (χ4v) is 3.59. The molecule has 22 heavy (non-hydrogen) atoms. The van der Waals surface area contributed by atoms with Crippen LogP contribution in [0.15, 0.2) is 47.5 Å². The number of anilines is 1. The van der Waals surface area contributed by atoms with Crippen molar-refractivity contribution >= 4 is 23.4 Å². The van der Waals surface area contributed by atoms with E-state index < -0.39 is 0 Å². The summed E-state index contributed by atoms with van der Waals surface area (Å²) < 4.78 is 5.05. The minimum atomic E-state index is -0.0164. The monoisotopic (exact) mass is 314 g/mol. The standard InChI is InChI=1S/C17H18N2O2S/c1-12-9-10-19(14-5-3-4-6-15(14)22-12)17(20)13-7-8-16(21-2)18-11-13/h3-8,11-12H,9-10H2,1-2H3. The summed E-state index contributed by atoms with van der Waals surface area (Å²) in [7, 11) is 1.56. The molecule has 4 nitrogen and oxygen atoms in total. The molecule has 2 heterocycles. The highest BCUT2D eigenvalue weighted by atomic mass is 32.2. The molecular weight excluding hydrogens is 296 g/mol. The van der Waals surface area contributed by atoms with Crippen molar-refractivity contribution in [3.05, 3.63) is 48.2 Å². The Morgan fingerprint density at radius 3 is 2.86 bits per heavy atom. The molecule has 1 aromatic heterocycles. The molecule has 0 bridgehead atoms. The van der Waals surface area contributed by atoms with Gasteiger partial charge >= 0.3 is 0 Å². The Morgan fingerprint density at radius 1 is 1.32 bits per heavy atom. The summed E-state index contributed by atoms with van der Waals surface area (Å²) in [6, 6.07) is 11.6. The topological polar surface area (TPSA) is 42.4 Å². The number of amides is 1. The third-order valence-corrected chi connectivity index (χ3v) is 4.92. The van der Waals surface area contributed by atoms with Gasteiger partial charge in [0, 0.05) is 29.0 Å². The number of pyridine rings is 1. The predicted molar refractivity (Wildman–Crippen MR) is 88.8 cm³/mol. The van der Waals surface area contributed by atoms with Gasteiger partial charge in [0.15, 0.2) is 0 Å². The molecule has 0 aliphatic carbocycles. The molecule has 0 N–H and O–H groups in total. The van der Waals surface area contributed by atoms with Crippen molar-refractivity contribution in [2.45, 2.75) is 23.5 Å². The van der Waals surface area contributed by atoms with Gasteiger partial charge in [-0.15, -0.1) is 11.8 Å². The summed E-state index contributed by atoms with van der Waals surface area (Å²) in [5.41, 5.74) is 1.56. The number of fused-ring (bicyclic) bond motifs is 1. The quantitative estimate of drug-likeness (QED) is 0.849. The Labute approximate surface area is 134 Å². The lowest BCUT2D eigenvalue weighted by Crippen LogP contribution is -2.32. The Bertz CT molecular complexity index is 673. The van der Waals surface area contributed by atoms with Crippen molar-refractivity contribution in [1.29, 1.82) is 0 Å². The van der Waals surface area contributed by atoms with Gasteiger partial charge in [-0.05, 0) is 24.6 Å². The van der Waals surface area contributed by atoms with Gasteiger partial charge in [-0.1, -0.05) is 19.1 Å². The zero-order valence-corrected chi connectivity index (χ0v) is 13.5. The minimum Gasteiger partial charge on any atom is -0.481 e. The third kappa shape index (κ3) is 2.95. The fourth-order valence-electron chi connectivity index (χ4n) is 2.48. The maximum Gasteiger partial charge on any atom is 0.259 e. The van der Waals surface area contributed by atoms with Crippen LogP contribution in [-0.4, -0.2) is 29.8 Å². The summed E-state index contributed by atoms with van der Waals surface area (Å²) in [5.74, 6) is 0.495. The molecule has 1 aliphatic rings. The van der Waals surface area contributed by atoms with Crippen molar-refractivity contribution < 1.29 is 9.53 Å². The van der Waals surface area contributed by atoms with Gasteiger partial charge in [-0.3, -0.25) is 4.79 Å². The summed E-state index contributed by atoms with van der Waals surface area (Å²) >= 11 is 1.83. The van der Waals surface area contributed by atoms with Crippen LogP contribution in [0.25, 0.3) is 0 Å². The number of benzene rings is 1. The summed E-state index contributed by atoms with van der Waals surface area (Å²) in [6.07, 6.45) is 2.54. The summed E-state index contributed by atoms with van der Waals surface area (Å²) in [6.45, 7) is 2.92. The second-order valence-electron chi connectivity index (χ2n) is 5.23. The average molecular weight is 314 g/mol. The van der Waals surface area contributed by atoms with Gasteiger partial charge in [0.25, 0.3) is 5.91 Å². The highest BCUT2D eigenvalue weighted by molar-refractivity contribution is 8.00. The minimum absolute atomic E-state index is 0.0164. The number of rotatable bonds is 2. The predicted octanol–water partition coefficient (Wildman–Crippen LogP) is 3.62. The van der Waals surface area contributed by atoms with Crippen LogP contribution in [-0.2, 0) is 0 Å². The number of carbonyl (C=O) groups excluding carboxylic acids is 1. The number of aromatic nitrogens is 1. The smallest absolute Gasteiger partial charge is 0.259 e. The van der Waals surface area contributed by atoms with E-state index in [0.29, 0.717) is 16.7 Å². The van der Waals surface area contributed by atoms with E-state index in [-0.39, 0.29) is 5.91 Å². The number of carbonyl (C=O) groups is 1. The molecule has 1 unspecified atom stereocenters. The Kier molecular flexibility index (Phi) is 4.34.